The van der Waals surface area contributed by atoms with Crippen molar-refractivity contribution in [2.75, 3.05) is 32.1 Å². The molecular weight excluding hydrogens is 372 g/mol. The van der Waals surface area contributed by atoms with E-state index < -0.39 is 0 Å². The summed E-state index contributed by atoms with van der Waals surface area (Å²) < 4.78 is 0. The van der Waals surface area contributed by atoms with Gasteiger partial charge in [-0.15, -0.1) is 5.56 Å². The molecule has 1 aliphatic heterocycles. The molecule has 1 atom stereocenters. The van der Waals surface area contributed by atoms with Gasteiger partial charge in [0, 0.05) is 25.8 Å². The van der Waals surface area contributed by atoms with E-state index in [9.17, 15) is 0 Å². The minimum atomic E-state index is 0. The molecule has 1 heterocycles. The number of likely N-dealkylation sites (tertiary alicyclic amines) is 1. The minimum Gasteiger partial charge on any atom is -0.378 e. The van der Waals surface area contributed by atoms with E-state index in [4.69, 9.17) is 0 Å². The third-order valence-corrected chi connectivity index (χ3v) is 5.04. The predicted molar refractivity (Wildman–Crippen MR) is 112 cm³/mol. The quantitative estimate of drug-likeness (QED) is 0.423. The first-order valence-corrected chi connectivity index (χ1v) is 9.65. The van der Waals surface area contributed by atoms with E-state index in [-0.39, 0.29) is 17.1 Å². The second kappa shape index (κ2) is 11.1. The van der Waals surface area contributed by atoms with Gasteiger partial charge in [-0.1, -0.05) is 18.6 Å². The molecule has 0 aromatic heterocycles. The zero-order chi connectivity index (χ0) is 18.2. The number of nitrogens with zero attached hydrogens (tertiary/aromatic N) is 2. The normalized spacial score (nSPS) is 15.2. The molecule has 0 N–H and O–H groups in total. The standard InChI is InChI=1S/C19H25N2.C5H5.Fe/c1-20(2)18-12-10-17(11-13-18)19(16-8-4-5-9-16)21-14-6-3-7-15-21;1-2-4-5-3-1;/h4-5,8-13,19H,3,6-7,14-15H2,1-2H3;1-5H;/q2*-1;+2. The molecule has 27 heavy (non-hydrogen) atoms. The van der Waals surface area contributed by atoms with E-state index in [0.29, 0.717) is 6.04 Å². The largest absolute Gasteiger partial charge is 2.00 e. The van der Waals surface area contributed by atoms with Gasteiger partial charge in [0.1, 0.15) is 0 Å². The smallest absolute Gasteiger partial charge is 0.378 e. The molecule has 1 unspecified atom stereocenters. The third kappa shape index (κ3) is 6.10. The Morgan fingerprint density at radius 3 is 1.96 bits per heavy atom. The van der Waals surface area contributed by atoms with E-state index in [1.807, 2.05) is 30.3 Å². The van der Waals surface area contributed by atoms with Gasteiger partial charge in [-0.05, 0) is 43.6 Å². The Morgan fingerprint density at radius 1 is 0.889 bits per heavy atom. The van der Waals surface area contributed by atoms with Crippen molar-refractivity contribution in [2.24, 2.45) is 0 Å². The van der Waals surface area contributed by atoms with Crippen LogP contribution in [-0.2, 0) is 17.1 Å². The predicted octanol–water partition coefficient (Wildman–Crippen LogP) is 5.45. The average Bonchev–Trinajstić information content (AvgIpc) is 3.40. The average molecular weight is 402 g/mol. The minimum absolute atomic E-state index is 0. The van der Waals surface area contributed by atoms with Gasteiger partial charge in [0.25, 0.3) is 0 Å². The molecule has 0 amide bonds. The van der Waals surface area contributed by atoms with Crippen molar-refractivity contribution in [2.45, 2.75) is 25.3 Å². The number of hydrogen-bond acceptors (Lipinski definition) is 2. The van der Waals surface area contributed by atoms with Crippen LogP contribution in [0.3, 0.4) is 0 Å². The summed E-state index contributed by atoms with van der Waals surface area (Å²) in [5, 5.41) is 0. The molecule has 0 saturated carbocycles. The van der Waals surface area contributed by atoms with Crippen LogP contribution >= 0.6 is 0 Å². The van der Waals surface area contributed by atoms with Crippen LogP contribution in [0.15, 0.2) is 78.9 Å². The molecule has 4 rings (SSSR count). The summed E-state index contributed by atoms with van der Waals surface area (Å²) in [6.07, 6.45) is 4.03. The van der Waals surface area contributed by atoms with Crippen LogP contribution in [0.25, 0.3) is 0 Å². The Kier molecular flexibility index (Phi) is 8.87. The fourth-order valence-electron chi connectivity index (χ4n) is 3.64. The van der Waals surface area contributed by atoms with Crippen LogP contribution in [0.2, 0.25) is 0 Å². The van der Waals surface area contributed by atoms with Crippen molar-refractivity contribution < 1.29 is 17.1 Å². The fraction of sp³-hybridized carbons (Fsp3) is 0.333. The van der Waals surface area contributed by atoms with E-state index in [1.165, 1.54) is 49.2 Å². The van der Waals surface area contributed by atoms with Gasteiger partial charge in [-0.25, -0.2) is 24.3 Å². The third-order valence-electron chi connectivity index (χ3n) is 5.04. The Labute approximate surface area is 175 Å². The number of piperidine rings is 1. The van der Waals surface area contributed by atoms with Gasteiger partial charge in [-0.3, -0.25) is 0 Å². The fourth-order valence-corrected chi connectivity index (χ4v) is 3.64. The topological polar surface area (TPSA) is 6.48 Å². The van der Waals surface area contributed by atoms with Gasteiger partial charge < -0.3 is 9.80 Å². The van der Waals surface area contributed by atoms with Crippen LogP contribution in [0.1, 0.15) is 36.4 Å². The van der Waals surface area contributed by atoms with Crippen LogP contribution in [0, 0.1) is 0 Å². The summed E-state index contributed by atoms with van der Waals surface area (Å²) in [4.78, 5) is 4.80. The molecule has 144 valence electrons. The SMILES string of the molecule is CN(C)c1ccc(C([c-]2cccc2)N2CCCCC2)cc1.[Fe+2].c1cc[cH-]c1. The first-order valence-electron chi connectivity index (χ1n) is 9.65. The van der Waals surface area contributed by atoms with Crippen molar-refractivity contribution in [1.29, 1.82) is 0 Å². The first-order chi connectivity index (χ1) is 12.8. The Morgan fingerprint density at radius 2 is 1.48 bits per heavy atom. The molecule has 1 saturated heterocycles. The van der Waals surface area contributed by atoms with Gasteiger partial charge in [0.15, 0.2) is 0 Å². The molecule has 2 nitrogen and oxygen atoms in total. The zero-order valence-corrected chi connectivity index (χ0v) is 17.5. The maximum atomic E-state index is 2.64. The van der Waals surface area contributed by atoms with Crippen molar-refractivity contribution in [3.8, 4) is 0 Å². The van der Waals surface area contributed by atoms with Crippen LogP contribution in [0.4, 0.5) is 5.69 Å². The second-order valence-electron chi connectivity index (χ2n) is 7.17. The number of benzene rings is 1. The molecule has 0 bridgehead atoms. The van der Waals surface area contributed by atoms with Crippen molar-refractivity contribution in [3.05, 3.63) is 90.0 Å². The van der Waals surface area contributed by atoms with Gasteiger partial charge in [0.05, 0.1) is 0 Å². The Balaban J connectivity index is 0.000000379. The summed E-state index contributed by atoms with van der Waals surface area (Å²) in [7, 11) is 4.18. The van der Waals surface area contributed by atoms with Crippen LogP contribution in [0.5, 0.6) is 0 Å². The van der Waals surface area contributed by atoms with E-state index in [2.05, 4.69) is 72.4 Å². The zero-order valence-electron chi connectivity index (χ0n) is 16.4. The molecule has 0 radical (unpaired) electrons. The van der Waals surface area contributed by atoms with Crippen LogP contribution < -0.4 is 4.90 Å². The molecule has 3 heteroatoms. The number of hydrogen-bond donors (Lipinski definition) is 0. The van der Waals surface area contributed by atoms with Crippen molar-refractivity contribution in [1.82, 2.24) is 4.90 Å². The summed E-state index contributed by atoms with van der Waals surface area (Å²) >= 11 is 0. The van der Waals surface area contributed by atoms with E-state index in [1.54, 1.807) is 0 Å². The monoisotopic (exact) mass is 402 g/mol. The van der Waals surface area contributed by atoms with E-state index in [0.717, 1.165) is 0 Å². The summed E-state index contributed by atoms with van der Waals surface area (Å²) in [5.74, 6) is 0. The van der Waals surface area contributed by atoms with Gasteiger partial charge >= 0.3 is 17.1 Å². The Hall–Kier alpha value is -1.80. The molecule has 0 aliphatic carbocycles. The summed E-state index contributed by atoms with van der Waals surface area (Å²) in [6.45, 7) is 2.43. The molecule has 3 aromatic carbocycles. The molecule has 1 fully saturated rings. The maximum Gasteiger partial charge on any atom is 2.00 e. The summed E-state index contributed by atoms with van der Waals surface area (Å²) in [6, 6.07) is 28.3. The molecule has 3 aromatic rings. The van der Waals surface area contributed by atoms with Crippen molar-refractivity contribution >= 4 is 5.69 Å². The van der Waals surface area contributed by atoms with Crippen LogP contribution in [-0.4, -0.2) is 32.1 Å². The molecular formula is C24H30FeN2. The first kappa shape index (κ1) is 21.5. The van der Waals surface area contributed by atoms with Crippen molar-refractivity contribution in [3.63, 3.8) is 0 Å². The summed E-state index contributed by atoms with van der Waals surface area (Å²) in [5.41, 5.74) is 4.10. The van der Waals surface area contributed by atoms with Gasteiger partial charge in [0.2, 0.25) is 0 Å². The molecule has 1 aliphatic rings. The van der Waals surface area contributed by atoms with Gasteiger partial charge in [-0.2, -0.15) is 30.3 Å². The molecule has 0 spiro atoms. The second-order valence-corrected chi connectivity index (χ2v) is 7.17. The Bertz CT molecular complexity index is 691. The van der Waals surface area contributed by atoms with E-state index >= 15 is 0 Å². The number of rotatable bonds is 4. The maximum absolute atomic E-state index is 2.64. The number of anilines is 1.